The third-order valence-corrected chi connectivity index (χ3v) is 1.99. The van der Waals surface area contributed by atoms with Crippen LogP contribution < -0.4 is 0 Å². The summed E-state index contributed by atoms with van der Waals surface area (Å²) in [5.41, 5.74) is 1.57. The van der Waals surface area contributed by atoms with E-state index in [-0.39, 0.29) is 0 Å². The second-order valence-corrected chi connectivity index (χ2v) is 3.09. The average molecular weight is 198 g/mol. The first-order valence-electron chi connectivity index (χ1n) is 4.63. The first-order valence-corrected chi connectivity index (χ1v) is 4.63. The van der Waals surface area contributed by atoms with Gasteiger partial charge >= 0.3 is 0 Å². The lowest BCUT2D eigenvalue weighted by Crippen LogP contribution is -1.90. The molecular formula is C13H10O2. The van der Waals surface area contributed by atoms with Crippen molar-refractivity contribution in [2.24, 2.45) is 0 Å². The second-order valence-electron chi connectivity index (χ2n) is 3.09. The standard InChI is InChI=1S/C13H10O2/c14-13(12-8-9-15-10-12)7-6-11-4-2-1-3-5-11/h1-5,8-10,13-14H. The van der Waals surface area contributed by atoms with E-state index in [0.29, 0.717) is 5.56 Å². The molecule has 1 N–H and O–H groups in total. The van der Waals surface area contributed by atoms with Gasteiger partial charge in [0.05, 0.1) is 12.5 Å². The zero-order valence-electron chi connectivity index (χ0n) is 8.05. The lowest BCUT2D eigenvalue weighted by molar-refractivity contribution is 0.237. The lowest BCUT2D eigenvalue weighted by Gasteiger charge is -1.96. The van der Waals surface area contributed by atoms with Crippen LogP contribution in [-0.2, 0) is 0 Å². The summed E-state index contributed by atoms with van der Waals surface area (Å²) in [6.07, 6.45) is 2.22. The van der Waals surface area contributed by atoms with Crippen molar-refractivity contribution in [3.8, 4) is 11.8 Å². The Kier molecular flexibility index (Phi) is 2.87. The van der Waals surface area contributed by atoms with Crippen molar-refractivity contribution in [2.75, 3.05) is 0 Å². The van der Waals surface area contributed by atoms with Crippen LogP contribution in [0.5, 0.6) is 0 Å². The Morgan fingerprint density at radius 2 is 1.93 bits per heavy atom. The zero-order valence-corrected chi connectivity index (χ0v) is 8.05. The number of furan rings is 1. The number of hydrogen-bond donors (Lipinski definition) is 1. The largest absolute Gasteiger partial charge is 0.472 e. The summed E-state index contributed by atoms with van der Waals surface area (Å²) in [5, 5.41) is 9.64. The van der Waals surface area contributed by atoms with Crippen molar-refractivity contribution in [3.63, 3.8) is 0 Å². The summed E-state index contributed by atoms with van der Waals surface area (Å²) < 4.78 is 4.86. The minimum absolute atomic E-state index is 0.679. The van der Waals surface area contributed by atoms with Crippen molar-refractivity contribution in [1.82, 2.24) is 0 Å². The Bertz CT molecular complexity index is 460. The SMILES string of the molecule is OC(C#Cc1ccccc1)c1ccoc1. The van der Waals surface area contributed by atoms with Gasteiger partial charge < -0.3 is 9.52 Å². The fourth-order valence-corrected chi connectivity index (χ4v) is 1.19. The van der Waals surface area contributed by atoms with Crippen LogP contribution in [0.4, 0.5) is 0 Å². The van der Waals surface area contributed by atoms with Crippen LogP contribution in [0.3, 0.4) is 0 Å². The van der Waals surface area contributed by atoms with Crippen LogP contribution >= 0.6 is 0 Å². The second kappa shape index (κ2) is 4.50. The highest BCUT2D eigenvalue weighted by atomic mass is 16.3. The maximum atomic E-state index is 9.64. The van der Waals surface area contributed by atoms with Crippen LogP contribution in [-0.4, -0.2) is 5.11 Å². The topological polar surface area (TPSA) is 33.4 Å². The molecule has 1 aromatic heterocycles. The van der Waals surface area contributed by atoms with E-state index >= 15 is 0 Å². The number of benzene rings is 1. The summed E-state index contributed by atoms with van der Waals surface area (Å²) in [4.78, 5) is 0. The quantitative estimate of drug-likeness (QED) is 0.713. The fourth-order valence-electron chi connectivity index (χ4n) is 1.19. The van der Waals surface area contributed by atoms with Crippen LogP contribution in [0.15, 0.2) is 53.3 Å². The Morgan fingerprint density at radius 1 is 1.13 bits per heavy atom. The molecule has 2 aromatic rings. The van der Waals surface area contributed by atoms with Crippen molar-refractivity contribution in [1.29, 1.82) is 0 Å². The van der Waals surface area contributed by atoms with E-state index in [4.69, 9.17) is 4.42 Å². The number of hydrogen-bond acceptors (Lipinski definition) is 2. The highest BCUT2D eigenvalue weighted by molar-refractivity contribution is 5.35. The molecule has 0 aliphatic heterocycles. The molecule has 0 bridgehead atoms. The number of rotatable bonds is 1. The first kappa shape index (κ1) is 9.57. The van der Waals surface area contributed by atoms with Crippen molar-refractivity contribution < 1.29 is 9.52 Å². The van der Waals surface area contributed by atoms with Crippen LogP contribution in [0.2, 0.25) is 0 Å². The van der Waals surface area contributed by atoms with Crippen LogP contribution in [0.1, 0.15) is 17.2 Å². The molecule has 1 heterocycles. The van der Waals surface area contributed by atoms with Gasteiger partial charge in [-0.3, -0.25) is 0 Å². The lowest BCUT2D eigenvalue weighted by atomic mass is 10.2. The molecule has 0 radical (unpaired) electrons. The molecule has 2 nitrogen and oxygen atoms in total. The van der Waals surface area contributed by atoms with Gasteiger partial charge in [0.25, 0.3) is 0 Å². The van der Waals surface area contributed by atoms with Gasteiger partial charge in [-0.25, -0.2) is 0 Å². The molecule has 74 valence electrons. The van der Waals surface area contributed by atoms with Crippen LogP contribution in [0.25, 0.3) is 0 Å². The third-order valence-electron chi connectivity index (χ3n) is 1.99. The number of aliphatic hydroxyl groups is 1. The Labute approximate surface area is 88.2 Å². The highest BCUT2D eigenvalue weighted by Crippen LogP contribution is 2.11. The van der Waals surface area contributed by atoms with E-state index in [1.807, 2.05) is 30.3 Å². The summed E-state index contributed by atoms with van der Waals surface area (Å²) in [7, 11) is 0. The predicted octanol–water partition coefficient (Wildman–Crippen LogP) is 2.36. The summed E-state index contributed by atoms with van der Waals surface area (Å²) in [6, 6.07) is 11.2. The maximum Gasteiger partial charge on any atom is 0.143 e. The first-order chi connectivity index (χ1) is 7.36. The maximum absolute atomic E-state index is 9.64. The van der Waals surface area contributed by atoms with E-state index in [9.17, 15) is 5.11 Å². The van der Waals surface area contributed by atoms with Gasteiger partial charge in [0.2, 0.25) is 0 Å². The van der Waals surface area contributed by atoms with E-state index in [2.05, 4.69) is 11.8 Å². The Balaban J connectivity index is 2.13. The molecule has 0 aliphatic rings. The monoisotopic (exact) mass is 198 g/mol. The Hall–Kier alpha value is -1.98. The molecule has 0 amide bonds. The molecule has 15 heavy (non-hydrogen) atoms. The Morgan fingerprint density at radius 3 is 2.60 bits per heavy atom. The molecule has 1 unspecified atom stereocenters. The molecular weight excluding hydrogens is 188 g/mol. The molecule has 0 saturated heterocycles. The van der Waals surface area contributed by atoms with E-state index < -0.39 is 6.10 Å². The van der Waals surface area contributed by atoms with Gasteiger partial charge in [-0.2, -0.15) is 0 Å². The molecule has 0 spiro atoms. The molecule has 1 aromatic carbocycles. The highest BCUT2D eigenvalue weighted by Gasteiger charge is 2.03. The van der Waals surface area contributed by atoms with Gasteiger partial charge in [-0.05, 0) is 18.2 Å². The van der Waals surface area contributed by atoms with Crippen LogP contribution in [0, 0.1) is 11.8 Å². The van der Waals surface area contributed by atoms with E-state index in [0.717, 1.165) is 5.56 Å². The minimum Gasteiger partial charge on any atom is -0.472 e. The van der Waals surface area contributed by atoms with Gasteiger partial charge in [0, 0.05) is 11.1 Å². The van der Waals surface area contributed by atoms with Crippen molar-refractivity contribution in [3.05, 3.63) is 60.1 Å². The summed E-state index contributed by atoms with van der Waals surface area (Å²) in [5.74, 6) is 5.64. The minimum atomic E-state index is -0.788. The van der Waals surface area contributed by atoms with Crippen molar-refractivity contribution >= 4 is 0 Å². The molecule has 0 aliphatic carbocycles. The molecule has 2 heteroatoms. The molecule has 0 fully saturated rings. The van der Waals surface area contributed by atoms with Crippen molar-refractivity contribution in [2.45, 2.75) is 6.10 Å². The molecule has 2 rings (SSSR count). The predicted molar refractivity (Wildman–Crippen MR) is 57.0 cm³/mol. The van der Waals surface area contributed by atoms with Gasteiger partial charge in [-0.15, -0.1) is 0 Å². The molecule has 1 atom stereocenters. The summed E-state index contributed by atoms with van der Waals surface area (Å²) >= 11 is 0. The van der Waals surface area contributed by atoms with E-state index in [1.54, 1.807) is 6.07 Å². The smallest absolute Gasteiger partial charge is 0.143 e. The third kappa shape index (κ3) is 2.49. The zero-order chi connectivity index (χ0) is 10.5. The molecule has 0 saturated carbocycles. The van der Waals surface area contributed by atoms with Gasteiger partial charge in [-0.1, -0.05) is 30.0 Å². The number of aliphatic hydroxyl groups excluding tert-OH is 1. The fraction of sp³-hybridized carbons (Fsp3) is 0.0769. The van der Waals surface area contributed by atoms with E-state index in [1.165, 1.54) is 12.5 Å². The van der Waals surface area contributed by atoms with Gasteiger partial charge in [0.1, 0.15) is 6.10 Å². The van der Waals surface area contributed by atoms with Gasteiger partial charge in [0.15, 0.2) is 0 Å². The normalized spacial score (nSPS) is 11.5. The average Bonchev–Trinajstić information content (AvgIpc) is 2.81. The summed E-state index contributed by atoms with van der Waals surface area (Å²) in [6.45, 7) is 0.